The fourth-order valence-electron chi connectivity index (χ4n) is 5.07. The molecule has 0 aromatic heterocycles. The Morgan fingerprint density at radius 3 is 2.05 bits per heavy atom. The summed E-state index contributed by atoms with van der Waals surface area (Å²) in [5.41, 5.74) is 2.58. The van der Waals surface area contributed by atoms with E-state index in [1.54, 1.807) is 18.0 Å². The number of hydrogen-bond donors (Lipinski definition) is 2. The number of aliphatic hydroxyl groups excluding tert-OH is 1. The zero-order chi connectivity index (χ0) is 30.8. The molecule has 43 heavy (non-hydrogen) atoms. The predicted molar refractivity (Wildman–Crippen MR) is 165 cm³/mol. The van der Waals surface area contributed by atoms with Crippen LogP contribution in [0.3, 0.4) is 0 Å². The van der Waals surface area contributed by atoms with Gasteiger partial charge in [0.25, 0.3) is 0 Å². The molecule has 0 aliphatic heterocycles. The Hall–Kier alpha value is -3.56. The number of alkyl halides is 3. The zero-order valence-corrected chi connectivity index (χ0v) is 24.7. The summed E-state index contributed by atoms with van der Waals surface area (Å²) in [6.07, 6.45) is -5.38. The molecule has 0 spiro atoms. The number of rotatable bonds is 14. The topological polar surface area (TPSA) is 56.2 Å². The zero-order valence-electron chi connectivity index (χ0n) is 23.9. The Morgan fingerprint density at radius 2 is 1.44 bits per heavy atom. The van der Waals surface area contributed by atoms with Crippen molar-refractivity contribution < 1.29 is 28.1 Å². The van der Waals surface area contributed by atoms with Crippen molar-refractivity contribution in [2.75, 3.05) is 38.2 Å². The predicted octanol–water partition coefficient (Wildman–Crippen LogP) is 7.21. The molecule has 0 aliphatic rings. The molecular weight excluding hydrogens is 577 g/mol. The van der Waals surface area contributed by atoms with E-state index in [1.807, 2.05) is 60.7 Å². The lowest BCUT2D eigenvalue weighted by molar-refractivity contribution is -0.137. The van der Waals surface area contributed by atoms with Gasteiger partial charge in [0.05, 0.1) is 23.7 Å². The molecule has 4 rings (SSSR count). The molecule has 4 aromatic carbocycles. The minimum absolute atomic E-state index is 0.0120. The number of benzene rings is 4. The molecule has 0 atom stereocenters. The lowest BCUT2D eigenvalue weighted by Gasteiger charge is -2.29. The van der Waals surface area contributed by atoms with Gasteiger partial charge in [0.15, 0.2) is 6.29 Å². The molecular formula is C34H36ClF3N2O3. The van der Waals surface area contributed by atoms with Crippen LogP contribution in [0.2, 0.25) is 5.02 Å². The van der Waals surface area contributed by atoms with Gasteiger partial charge in [-0.3, -0.25) is 4.90 Å². The quantitative estimate of drug-likeness (QED) is 0.116. The van der Waals surface area contributed by atoms with Crippen molar-refractivity contribution in [3.8, 4) is 5.75 Å². The highest BCUT2D eigenvalue weighted by atomic mass is 35.5. The molecule has 0 fully saturated rings. The van der Waals surface area contributed by atoms with E-state index >= 15 is 0 Å². The van der Waals surface area contributed by atoms with E-state index in [9.17, 15) is 23.4 Å². The van der Waals surface area contributed by atoms with Gasteiger partial charge in [-0.05, 0) is 41.3 Å². The van der Waals surface area contributed by atoms with E-state index in [1.165, 1.54) is 6.07 Å². The van der Waals surface area contributed by atoms with Crippen LogP contribution in [0.5, 0.6) is 5.75 Å². The summed E-state index contributed by atoms with van der Waals surface area (Å²) < 4.78 is 46.9. The molecule has 0 amide bonds. The summed E-state index contributed by atoms with van der Waals surface area (Å²) >= 11 is 6.31. The molecule has 0 aliphatic carbocycles. The number of likely N-dealkylation sites (N-methyl/N-ethyl adjacent to an activating group) is 1. The number of aliphatic hydroxyl groups is 2. The molecule has 0 radical (unpaired) electrons. The molecule has 0 bridgehead atoms. The summed E-state index contributed by atoms with van der Waals surface area (Å²) in [6, 6.07) is 31.5. The van der Waals surface area contributed by atoms with Crippen LogP contribution in [0.25, 0.3) is 0 Å². The van der Waals surface area contributed by atoms with E-state index in [4.69, 9.17) is 16.3 Å². The van der Waals surface area contributed by atoms with E-state index in [0.29, 0.717) is 37.4 Å². The Kier molecular flexibility index (Phi) is 11.5. The molecule has 0 saturated carbocycles. The largest absolute Gasteiger partial charge is 0.493 e. The number of hydrogen-bond acceptors (Lipinski definition) is 5. The van der Waals surface area contributed by atoms with Crippen LogP contribution < -0.4 is 9.64 Å². The standard InChI is InChI=1S/C34H36ClF3N2O3/c1-39(24-32(41)42)28-16-9-17-29(21-28)43-20-10-19-40(22-27-15-8-18-31(33(27)35)34(36,37)38)23-30(25-11-4-2-5-12-25)26-13-6-3-7-14-26/h2-9,11-18,21,30,32,41-42H,10,19-20,22-24H2,1H3. The van der Waals surface area contributed by atoms with Crippen molar-refractivity contribution in [3.05, 3.63) is 130 Å². The fraction of sp³-hybridized carbons (Fsp3) is 0.294. The second-order valence-corrected chi connectivity index (χ2v) is 10.8. The fourth-order valence-corrected chi connectivity index (χ4v) is 5.36. The molecule has 0 heterocycles. The summed E-state index contributed by atoms with van der Waals surface area (Å²) in [5.74, 6) is 0.623. The Balaban J connectivity index is 1.53. The van der Waals surface area contributed by atoms with Gasteiger partial charge in [0, 0.05) is 44.4 Å². The number of nitrogens with zero attached hydrogens (tertiary/aromatic N) is 2. The SMILES string of the molecule is CN(CC(O)O)c1cccc(OCCCN(Cc2cccc(C(F)(F)F)c2Cl)CC(c2ccccc2)c2ccccc2)c1. The Labute approximate surface area is 255 Å². The van der Waals surface area contributed by atoms with Gasteiger partial charge in [-0.25, -0.2) is 0 Å². The molecule has 9 heteroatoms. The third-order valence-electron chi connectivity index (χ3n) is 7.21. The van der Waals surface area contributed by atoms with Crippen molar-refractivity contribution in [2.24, 2.45) is 0 Å². The second kappa shape index (κ2) is 15.3. The molecule has 4 aromatic rings. The maximum atomic E-state index is 13.6. The highest BCUT2D eigenvalue weighted by Gasteiger charge is 2.34. The van der Waals surface area contributed by atoms with Crippen LogP contribution in [0, 0.1) is 0 Å². The van der Waals surface area contributed by atoms with Crippen LogP contribution in [0.15, 0.2) is 103 Å². The number of ether oxygens (including phenoxy) is 1. The van der Waals surface area contributed by atoms with Gasteiger partial charge in [-0.15, -0.1) is 0 Å². The first-order chi connectivity index (χ1) is 20.6. The first-order valence-corrected chi connectivity index (χ1v) is 14.5. The monoisotopic (exact) mass is 612 g/mol. The van der Waals surface area contributed by atoms with E-state index in [0.717, 1.165) is 22.9 Å². The Morgan fingerprint density at radius 1 is 0.814 bits per heavy atom. The van der Waals surface area contributed by atoms with Crippen LogP contribution in [-0.2, 0) is 12.7 Å². The van der Waals surface area contributed by atoms with Gasteiger partial charge in [0.2, 0.25) is 0 Å². The number of anilines is 1. The normalized spacial score (nSPS) is 11.9. The summed E-state index contributed by atoms with van der Waals surface area (Å²) in [7, 11) is 1.76. The van der Waals surface area contributed by atoms with Crippen molar-refractivity contribution in [2.45, 2.75) is 31.3 Å². The van der Waals surface area contributed by atoms with E-state index in [-0.39, 0.29) is 24.0 Å². The molecule has 0 saturated heterocycles. The average Bonchev–Trinajstić information content (AvgIpc) is 2.99. The summed E-state index contributed by atoms with van der Waals surface area (Å²) in [6.45, 7) is 1.79. The van der Waals surface area contributed by atoms with E-state index < -0.39 is 18.0 Å². The maximum absolute atomic E-state index is 13.6. The highest BCUT2D eigenvalue weighted by molar-refractivity contribution is 6.32. The third-order valence-corrected chi connectivity index (χ3v) is 7.65. The lowest BCUT2D eigenvalue weighted by atomic mass is 9.90. The number of halogens is 4. The first kappa shape index (κ1) is 32.4. The van der Waals surface area contributed by atoms with Gasteiger partial charge >= 0.3 is 6.18 Å². The third kappa shape index (κ3) is 9.46. The van der Waals surface area contributed by atoms with Crippen LogP contribution in [-0.4, -0.2) is 54.7 Å². The van der Waals surface area contributed by atoms with Gasteiger partial charge < -0.3 is 19.8 Å². The second-order valence-electron chi connectivity index (χ2n) is 10.4. The minimum Gasteiger partial charge on any atom is -0.493 e. The molecule has 2 N–H and O–H groups in total. The van der Waals surface area contributed by atoms with Crippen LogP contribution >= 0.6 is 11.6 Å². The minimum atomic E-state index is -4.54. The highest BCUT2D eigenvalue weighted by Crippen LogP contribution is 2.37. The van der Waals surface area contributed by atoms with Crippen LogP contribution in [0.1, 0.15) is 34.6 Å². The Bertz CT molecular complexity index is 1380. The van der Waals surface area contributed by atoms with E-state index in [2.05, 4.69) is 29.2 Å². The van der Waals surface area contributed by atoms with Crippen molar-refractivity contribution in [3.63, 3.8) is 0 Å². The molecule has 5 nitrogen and oxygen atoms in total. The van der Waals surface area contributed by atoms with Crippen molar-refractivity contribution >= 4 is 17.3 Å². The molecule has 0 unspecified atom stereocenters. The molecule has 228 valence electrons. The maximum Gasteiger partial charge on any atom is 0.417 e. The van der Waals surface area contributed by atoms with Crippen LogP contribution in [0.4, 0.5) is 18.9 Å². The average molecular weight is 613 g/mol. The summed E-state index contributed by atoms with van der Waals surface area (Å²) in [5, 5.41) is 18.3. The first-order valence-electron chi connectivity index (χ1n) is 14.1. The smallest absolute Gasteiger partial charge is 0.417 e. The van der Waals surface area contributed by atoms with Gasteiger partial charge in [0.1, 0.15) is 5.75 Å². The van der Waals surface area contributed by atoms with Gasteiger partial charge in [-0.1, -0.05) is 90.5 Å². The van der Waals surface area contributed by atoms with Crippen molar-refractivity contribution in [1.29, 1.82) is 0 Å². The summed E-state index contributed by atoms with van der Waals surface area (Å²) in [4.78, 5) is 3.84. The van der Waals surface area contributed by atoms with Gasteiger partial charge in [-0.2, -0.15) is 13.2 Å². The lowest BCUT2D eigenvalue weighted by Crippen LogP contribution is -2.31. The van der Waals surface area contributed by atoms with Crippen molar-refractivity contribution in [1.82, 2.24) is 4.90 Å².